The van der Waals surface area contributed by atoms with Gasteiger partial charge in [0.25, 0.3) is 5.69 Å². The average molecular weight is 375 g/mol. The maximum Gasteiger partial charge on any atom is 0.269 e. The Morgan fingerprint density at radius 2 is 1.18 bits per heavy atom. The zero-order valence-corrected chi connectivity index (χ0v) is 16.6. The lowest BCUT2D eigenvalue weighted by atomic mass is 9.80. The van der Waals surface area contributed by atoms with Gasteiger partial charge in [-0.3, -0.25) is 10.1 Å². The molecule has 5 heteroatoms. The molecule has 0 aromatic heterocycles. The van der Waals surface area contributed by atoms with E-state index in [-0.39, 0.29) is 16.5 Å². The normalized spacial score (nSPS) is 11.0. The second-order valence-corrected chi connectivity index (χ2v) is 7.41. The number of nitro groups is 1. The standard InChI is InChI=1S/C23H25N3O2/c1-13-11-21(24)15(3)9-19(13)23(17-5-7-18(8-6-17)26(27)28)20-10-16(4)22(25)12-14(20)2/h5-12,23H,24-25H2,1-4H3. The predicted octanol–water partition coefficient (Wildman–Crippen LogP) is 5.17. The van der Waals surface area contributed by atoms with Crippen LogP contribution in [0.2, 0.25) is 0 Å². The van der Waals surface area contributed by atoms with Gasteiger partial charge < -0.3 is 11.5 Å². The molecule has 0 atom stereocenters. The van der Waals surface area contributed by atoms with Crippen LogP contribution in [-0.2, 0) is 0 Å². The number of benzene rings is 3. The molecule has 0 saturated carbocycles. The fourth-order valence-electron chi connectivity index (χ4n) is 3.66. The molecule has 0 aliphatic carbocycles. The molecule has 4 N–H and O–H groups in total. The van der Waals surface area contributed by atoms with Crippen LogP contribution in [0, 0.1) is 37.8 Å². The fourth-order valence-corrected chi connectivity index (χ4v) is 3.66. The Kier molecular flexibility index (Phi) is 5.10. The Hall–Kier alpha value is -3.34. The quantitative estimate of drug-likeness (QED) is 0.284. The van der Waals surface area contributed by atoms with Gasteiger partial charge in [0.15, 0.2) is 0 Å². The summed E-state index contributed by atoms with van der Waals surface area (Å²) < 4.78 is 0. The Bertz CT molecular complexity index is 999. The molecule has 0 fully saturated rings. The van der Waals surface area contributed by atoms with Crippen molar-refractivity contribution in [3.05, 3.63) is 97.6 Å². The minimum atomic E-state index is -0.379. The molecule has 0 saturated heterocycles. The van der Waals surface area contributed by atoms with Gasteiger partial charge in [0.05, 0.1) is 4.92 Å². The number of nitrogens with two attached hydrogens (primary N) is 2. The van der Waals surface area contributed by atoms with Crippen LogP contribution in [0.4, 0.5) is 17.1 Å². The van der Waals surface area contributed by atoms with E-state index in [2.05, 4.69) is 12.1 Å². The summed E-state index contributed by atoms with van der Waals surface area (Å²) in [6, 6.07) is 15.0. The van der Waals surface area contributed by atoms with Gasteiger partial charge in [-0.05, 0) is 78.8 Å². The molecule has 0 amide bonds. The van der Waals surface area contributed by atoms with Crippen molar-refractivity contribution in [3.8, 4) is 0 Å². The van der Waals surface area contributed by atoms with E-state index in [1.807, 2.05) is 52.0 Å². The SMILES string of the molecule is Cc1cc(C(c2ccc([N+](=O)[O-])cc2)c2cc(C)c(N)cc2C)c(C)cc1N. The van der Waals surface area contributed by atoms with Gasteiger partial charge in [-0.15, -0.1) is 0 Å². The molecule has 3 aromatic carbocycles. The maximum absolute atomic E-state index is 11.1. The van der Waals surface area contributed by atoms with Crippen molar-refractivity contribution in [2.24, 2.45) is 0 Å². The summed E-state index contributed by atoms with van der Waals surface area (Å²) in [6.45, 7) is 8.07. The highest BCUT2D eigenvalue weighted by Crippen LogP contribution is 2.38. The first-order valence-corrected chi connectivity index (χ1v) is 9.16. The molecule has 3 aromatic rings. The molecular weight excluding hydrogens is 350 g/mol. The molecule has 144 valence electrons. The molecule has 0 aliphatic heterocycles. The van der Waals surface area contributed by atoms with E-state index < -0.39 is 0 Å². The summed E-state index contributed by atoms with van der Waals surface area (Å²) in [5.74, 6) is -0.0700. The number of hydrogen-bond donors (Lipinski definition) is 2. The van der Waals surface area contributed by atoms with Gasteiger partial charge in [-0.25, -0.2) is 0 Å². The molecule has 5 nitrogen and oxygen atoms in total. The smallest absolute Gasteiger partial charge is 0.269 e. The van der Waals surface area contributed by atoms with Crippen LogP contribution in [0.15, 0.2) is 48.5 Å². The first-order valence-electron chi connectivity index (χ1n) is 9.16. The van der Waals surface area contributed by atoms with E-state index in [1.165, 1.54) is 0 Å². The van der Waals surface area contributed by atoms with E-state index in [0.717, 1.165) is 50.3 Å². The third kappa shape index (κ3) is 3.56. The van der Waals surface area contributed by atoms with Crippen molar-refractivity contribution in [1.82, 2.24) is 0 Å². The Balaban J connectivity index is 2.27. The minimum Gasteiger partial charge on any atom is -0.399 e. The van der Waals surface area contributed by atoms with Crippen LogP contribution in [0.5, 0.6) is 0 Å². The number of hydrogen-bond acceptors (Lipinski definition) is 4. The van der Waals surface area contributed by atoms with Crippen molar-refractivity contribution < 1.29 is 4.92 Å². The van der Waals surface area contributed by atoms with E-state index in [0.29, 0.717) is 0 Å². The molecule has 0 spiro atoms. The zero-order chi connectivity index (χ0) is 20.6. The van der Waals surface area contributed by atoms with Gasteiger partial charge in [0, 0.05) is 29.4 Å². The Labute approximate surface area is 165 Å². The van der Waals surface area contributed by atoms with Gasteiger partial charge in [-0.1, -0.05) is 24.3 Å². The summed E-state index contributed by atoms with van der Waals surface area (Å²) in [5.41, 5.74) is 21.2. The molecule has 0 bridgehead atoms. The van der Waals surface area contributed by atoms with Crippen molar-refractivity contribution in [3.63, 3.8) is 0 Å². The van der Waals surface area contributed by atoms with E-state index in [4.69, 9.17) is 11.5 Å². The summed E-state index contributed by atoms with van der Waals surface area (Å²) >= 11 is 0. The predicted molar refractivity (Wildman–Crippen MR) is 115 cm³/mol. The van der Waals surface area contributed by atoms with Gasteiger partial charge >= 0.3 is 0 Å². The Morgan fingerprint density at radius 3 is 1.57 bits per heavy atom. The molecule has 0 aliphatic rings. The van der Waals surface area contributed by atoms with Crippen LogP contribution < -0.4 is 11.5 Å². The average Bonchev–Trinajstić information content (AvgIpc) is 2.64. The van der Waals surface area contributed by atoms with Crippen LogP contribution in [0.3, 0.4) is 0 Å². The highest BCUT2D eigenvalue weighted by Gasteiger charge is 2.23. The van der Waals surface area contributed by atoms with Gasteiger partial charge in [0.2, 0.25) is 0 Å². The summed E-state index contributed by atoms with van der Waals surface area (Å²) in [6.07, 6.45) is 0. The first-order chi connectivity index (χ1) is 13.2. The minimum absolute atomic E-state index is 0.0700. The summed E-state index contributed by atoms with van der Waals surface area (Å²) in [7, 11) is 0. The second-order valence-electron chi connectivity index (χ2n) is 7.41. The fraction of sp³-hybridized carbons (Fsp3) is 0.217. The highest BCUT2D eigenvalue weighted by atomic mass is 16.6. The number of nitro benzene ring substituents is 1. The van der Waals surface area contributed by atoms with E-state index in [9.17, 15) is 10.1 Å². The second kappa shape index (κ2) is 7.35. The number of non-ortho nitro benzene ring substituents is 1. The number of anilines is 2. The zero-order valence-electron chi connectivity index (χ0n) is 16.6. The van der Waals surface area contributed by atoms with Gasteiger partial charge in [-0.2, -0.15) is 0 Å². The Morgan fingerprint density at radius 1 is 0.750 bits per heavy atom. The number of nitrogens with zero attached hydrogens (tertiary/aromatic N) is 1. The lowest BCUT2D eigenvalue weighted by molar-refractivity contribution is -0.384. The van der Waals surface area contributed by atoms with Crippen LogP contribution >= 0.6 is 0 Å². The largest absolute Gasteiger partial charge is 0.399 e. The molecule has 0 radical (unpaired) electrons. The summed E-state index contributed by atoms with van der Waals surface area (Å²) in [4.78, 5) is 10.7. The van der Waals surface area contributed by atoms with Gasteiger partial charge in [0.1, 0.15) is 0 Å². The van der Waals surface area contributed by atoms with Crippen molar-refractivity contribution in [2.75, 3.05) is 11.5 Å². The lowest BCUT2D eigenvalue weighted by Gasteiger charge is -2.24. The third-order valence-corrected chi connectivity index (χ3v) is 5.37. The maximum atomic E-state index is 11.1. The molecule has 0 heterocycles. The van der Waals surface area contributed by atoms with Crippen molar-refractivity contribution in [2.45, 2.75) is 33.6 Å². The monoisotopic (exact) mass is 375 g/mol. The van der Waals surface area contributed by atoms with Crippen molar-refractivity contribution in [1.29, 1.82) is 0 Å². The molecule has 3 rings (SSSR count). The van der Waals surface area contributed by atoms with Crippen LogP contribution in [0.25, 0.3) is 0 Å². The van der Waals surface area contributed by atoms with E-state index in [1.54, 1.807) is 12.1 Å². The number of aryl methyl sites for hydroxylation is 4. The van der Waals surface area contributed by atoms with Crippen LogP contribution in [0.1, 0.15) is 44.9 Å². The molecular formula is C23H25N3O2. The summed E-state index contributed by atoms with van der Waals surface area (Å²) in [5, 5.41) is 11.1. The van der Waals surface area contributed by atoms with Crippen molar-refractivity contribution >= 4 is 17.1 Å². The number of nitrogen functional groups attached to an aromatic ring is 2. The highest BCUT2D eigenvalue weighted by molar-refractivity contribution is 5.60. The molecule has 0 unspecified atom stereocenters. The topological polar surface area (TPSA) is 95.2 Å². The van der Waals surface area contributed by atoms with E-state index >= 15 is 0 Å². The lowest BCUT2D eigenvalue weighted by Crippen LogP contribution is -2.10. The molecule has 28 heavy (non-hydrogen) atoms. The van der Waals surface area contributed by atoms with Crippen LogP contribution in [-0.4, -0.2) is 4.92 Å². The third-order valence-electron chi connectivity index (χ3n) is 5.37. The first kappa shape index (κ1) is 19.4. The number of rotatable bonds is 4.